The summed E-state index contributed by atoms with van der Waals surface area (Å²) in [5, 5.41) is 9.25. The van der Waals surface area contributed by atoms with Gasteiger partial charge in [0.2, 0.25) is 0 Å². The van der Waals surface area contributed by atoms with Gasteiger partial charge >= 0.3 is 0 Å². The van der Waals surface area contributed by atoms with Gasteiger partial charge in [0, 0.05) is 23.4 Å². The summed E-state index contributed by atoms with van der Waals surface area (Å²) in [4.78, 5) is 2.36. The van der Waals surface area contributed by atoms with Crippen LogP contribution in [0.15, 0.2) is 48.5 Å². The Hall–Kier alpha value is -2.49. The molecular formula is C23H28B2N4. The molecule has 0 atom stereocenters. The number of anilines is 1. The molecule has 0 saturated carbocycles. The molecule has 0 fully saturated rings. The van der Waals surface area contributed by atoms with E-state index in [0.29, 0.717) is 0 Å². The maximum absolute atomic E-state index is 4.65. The van der Waals surface area contributed by atoms with Crippen LogP contribution in [0.1, 0.15) is 47.1 Å². The van der Waals surface area contributed by atoms with Crippen LogP contribution in [-0.2, 0) is 6.54 Å². The van der Waals surface area contributed by atoms with Crippen LogP contribution in [0, 0.1) is 0 Å². The third kappa shape index (κ3) is 4.12. The molecule has 0 bridgehead atoms. The van der Waals surface area contributed by atoms with E-state index in [-0.39, 0.29) is 10.6 Å². The maximum atomic E-state index is 4.65. The van der Waals surface area contributed by atoms with E-state index in [0.717, 1.165) is 23.5 Å². The van der Waals surface area contributed by atoms with E-state index in [4.69, 9.17) is 0 Å². The van der Waals surface area contributed by atoms with Gasteiger partial charge in [-0.05, 0) is 22.3 Å². The smallest absolute Gasteiger partial charge is 0.288 e. The van der Waals surface area contributed by atoms with Crippen molar-refractivity contribution < 1.29 is 0 Å². The number of rotatable bonds is 2. The molecule has 2 heterocycles. The van der Waals surface area contributed by atoms with E-state index < -0.39 is 0 Å². The lowest BCUT2D eigenvalue weighted by Crippen LogP contribution is -2.34. The fraction of sp³-hybridized carbons (Fsp3) is 0.391. The zero-order chi connectivity index (χ0) is 20.8. The number of nitrogens with zero attached hydrogens (tertiary/aromatic N) is 4. The van der Waals surface area contributed by atoms with Crippen molar-refractivity contribution in [3.05, 3.63) is 54.1 Å². The minimum absolute atomic E-state index is 0.00958. The first kappa shape index (κ1) is 19.8. The Balaban J connectivity index is 1.97. The first-order chi connectivity index (χ1) is 13.6. The molecule has 0 amide bonds. The predicted molar refractivity (Wildman–Crippen MR) is 123 cm³/mol. The second-order valence-electron chi connectivity index (χ2n) is 10.0. The van der Waals surface area contributed by atoms with Gasteiger partial charge in [0.1, 0.15) is 5.69 Å². The van der Waals surface area contributed by atoms with Crippen molar-refractivity contribution in [3.8, 4) is 22.5 Å². The van der Waals surface area contributed by atoms with Crippen LogP contribution in [0.5, 0.6) is 0 Å². The van der Waals surface area contributed by atoms with Crippen molar-refractivity contribution in [1.29, 1.82) is 0 Å². The Labute approximate surface area is 175 Å². The van der Waals surface area contributed by atoms with E-state index in [2.05, 4.69) is 120 Å². The molecule has 0 aliphatic carbocycles. The van der Waals surface area contributed by atoms with Gasteiger partial charge in [-0.2, -0.15) is 0 Å². The molecule has 4 nitrogen and oxygen atoms in total. The summed E-state index contributed by atoms with van der Waals surface area (Å²) >= 11 is 0. The molecule has 2 aromatic carbocycles. The molecule has 0 unspecified atom stereocenters. The lowest BCUT2D eigenvalue weighted by molar-refractivity contribution is 0.718. The minimum Gasteiger partial charge on any atom is -0.414 e. The van der Waals surface area contributed by atoms with Crippen LogP contribution in [-0.4, -0.2) is 29.7 Å². The van der Waals surface area contributed by atoms with Gasteiger partial charge in [-0.3, -0.25) is 4.59 Å². The van der Waals surface area contributed by atoms with Gasteiger partial charge in [-0.25, -0.2) is 0 Å². The van der Waals surface area contributed by atoms with Crippen molar-refractivity contribution in [2.24, 2.45) is 0 Å². The lowest BCUT2D eigenvalue weighted by Gasteiger charge is -2.34. The Morgan fingerprint density at radius 1 is 0.793 bits per heavy atom. The molecule has 0 spiro atoms. The van der Waals surface area contributed by atoms with Gasteiger partial charge in [0.15, 0.2) is 0 Å². The monoisotopic (exact) mass is 382 g/mol. The van der Waals surface area contributed by atoms with Gasteiger partial charge < -0.3 is 4.81 Å². The molecule has 1 aromatic heterocycles. The highest BCUT2D eigenvalue weighted by Crippen LogP contribution is 2.42. The summed E-state index contributed by atoms with van der Waals surface area (Å²) < 4.78 is 1.97. The molecule has 6 heteroatoms. The van der Waals surface area contributed by atoms with Crippen molar-refractivity contribution in [1.82, 2.24) is 14.9 Å². The summed E-state index contributed by atoms with van der Waals surface area (Å²) in [6, 6.07) is 17.1. The summed E-state index contributed by atoms with van der Waals surface area (Å²) in [5.41, 5.74) is 6.75. The second kappa shape index (κ2) is 7.08. The SMILES string of the molecule is CC(C)(C)[B]N1Cc2ccccc2-c2c(nnn2[B]C(C)(C)C)-c2ccccc21. The lowest BCUT2D eigenvalue weighted by atomic mass is 9.62. The largest absolute Gasteiger partial charge is 0.414 e. The van der Waals surface area contributed by atoms with E-state index >= 15 is 0 Å². The van der Waals surface area contributed by atoms with E-state index in [9.17, 15) is 0 Å². The van der Waals surface area contributed by atoms with Crippen LogP contribution in [0.4, 0.5) is 5.69 Å². The van der Waals surface area contributed by atoms with Crippen molar-refractivity contribution >= 4 is 20.5 Å². The summed E-state index contributed by atoms with van der Waals surface area (Å²) in [5.74, 6) is 0. The van der Waals surface area contributed by atoms with Crippen LogP contribution in [0.25, 0.3) is 22.5 Å². The van der Waals surface area contributed by atoms with Gasteiger partial charge in [0.05, 0.1) is 5.69 Å². The zero-order valence-corrected chi connectivity index (χ0v) is 18.3. The quantitative estimate of drug-likeness (QED) is 0.553. The maximum Gasteiger partial charge on any atom is 0.288 e. The molecule has 1 aliphatic heterocycles. The van der Waals surface area contributed by atoms with Crippen molar-refractivity contribution in [2.75, 3.05) is 4.81 Å². The zero-order valence-electron chi connectivity index (χ0n) is 18.3. The fourth-order valence-corrected chi connectivity index (χ4v) is 3.85. The molecule has 146 valence electrons. The highest BCUT2D eigenvalue weighted by atomic mass is 15.4. The molecule has 29 heavy (non-hydrogen) atoms. The van der Waals surface area contributed by atoms with Gasteiger partial charge in [-0.15, -0.1) is 5.10 Å². The van der Waals surface area contributed by atoms with E-state index in [1.54, 1.807) is 0 Å². The third-order valence-electron chi connectivity index (χ3n) is 4.83. The normalized spacial score (nSPS) is 13.7. The predicted octanol–water partition coefficient (Wildman–Crippen LogP) is 5.46. The number of hydrogen-bond acceptors (Lipinski definition) is 3. The molecule has 4 rings (SSSR count). The Kier molecular flexibility index (Phi) is 4.84. The average molecular weight is 382 g/mol. The number of benzene rings is 2. The molecular weight excluding hydrogens is 354 g/mol. The first-order valence-corrected chi connectivity index (χ1v) is 10.2. The highest BCUT2D eigenvalue weighted by molar-refractivity contribution is 6.45. The number of hydrogen-bond donors (Lipinski definition) is 0. The van der Waals surface area contributed by atoms with Crippen LogP contribution in [0.3, 0.4) is 0 Å². The Bertz CT molecular complexity index is 1030. The first-order valence-electron chi connectivity index (χ1n) is 10.2. The Morgan fingerprint density at radius 2 is 1.41 bits per heavy atom. The Morgan fingerprint density at radius 3 is 2.10 bits per heavy atom. The van der Waals surface area contributed by atoms with E-state index in [1.165, 1.54) is 16.8 Å². The van der Waals surface area contributed by atoms with Crippen LogP contribution in [0.2, 0.25) is 10.6 Å². The number of aromatic nitrogens is 3. The van der Waals surface area contributed by atoms with Crippen LogP contribution >= 0.6 is 0 Å². The summed E-state index contributed by atoms with van der Waals surface area (Å²) in [6.07, 6.45) is 0. The number of para-hydroxylation sites is 1. The minimum atomic E-state index is -0.00958. The molecule has 0 saturated heterocycles. The van der Waals surface area contributed by atoms with Gasteiger partial charge in [-0.1, -0.05) is 89.2 Å². The van der Waals surface area contributed by atoms with Crippen molar-refractivity contribution in [3.63, 3.8) is 0 Å². The molecule has 3 aromatic rings. The second-order valence-corrected chi connectivity index (χ2v) is 10.0. The third-order valence-corrected chi connectivity index (χ3v) is 4.83. The average Bonchev–Trinajstić information content (AvgIpc) is 3.00. The highest BCUT2D eigenvalue weighted by Gasteiger charge is 2.30. The fourth-order valence-electron chi connectivity index (χ4n) is 3.85. The topological polar surface area (TPSA) is 34.0 Å². The summed E-state index contributed by atoms with van der Waals surface area (Å²) in [6.45, 7) is 14.1. The van der Waals surface area contributed by atoms with Crippen molar-refractivity contribution in [2.45, 2.75) is 58.7 Å². The molecule has 0 N–H and O–H groups in total. The molecule has 1 aliphatic rings. The summed E-state index contributed by atoms with van der Waals surface area (Å²) in [7, 11) is 4.47. The number of fused-ring (bicyclic) bond motifs is 5. The molecule has 2 radical (unpaired) electrons. The van der Waals surface area contributed by atoms with E-state index in [1.807, 2.05) is 4.59 Å². The van der Waals surface area contributed by atoms with Gasteiger partial charge in [0.25, 0.3) is 14.8 Å². The standard InChI is InChI=1S/C23H28B2N4/c1-22(2,3)24-28-15-16-11-7-8-12-17(16)21-20(18-13-9-10-14-19(18)28)26-27-29(21)25-23(4,5)6/h7-14H,15H2,1-6H3. The van der Waals surface area contributed by atoms with Crippen LogP contribution < -0.4 is 4.81 Å².